The van der Waals surface area contributed by atoms with Crippen molar-refractivity contribution in [3.8, 4) is 6.07 Å². The summed E-state index contributed by atoms with van der Waals surface area (Å²) >= 11 is 5.81. The molecule has 8 heteroatoms. The molecule has 1 rings (SSSR count). The van der Waals surface area contributed by atoms with Crippen LogP contribution in [0.2, 0.25) is 5.02 Å². The highest BCUT2D eigenvalue weighted by Gasteiger charge is 2.21. The molecule has 0 atom stereocenters. The lowest BCUT2D eigenvalue weighted by Crippen LogP contribution is -2.22. The number of ether oxygens (including phenoxy) is 1. The van der Waals surface area contributed by atoms with Gasteiger partial charge in [0.25, 0.3) is 0 Å². The van der Waals surface area contributed by atoms with E-state index in [9.17, 15) is 13.2 Å². The van der Waals surface area contributed by atoms with Crippen LogP contribution in [0.4, 0.5) is 0 Å². The average molecular weight is 303 g/mol. The van der Waals surface area contributed by atoms with Crippen LogP contribution in [-0.2, 0) is 14.8 Å². The molecule has 0 saturated heterocycles. The summed E-state index contributed by atoms with van der Waals surface area (Å²) in [4.78, 5) is 11.5. The van der Waals surface area contributed by atoms with Crippen molar-refractivity contribution in [1.82, 2.24) is 4.31 Å². The van der Waals surface area contributed by atoms with Crippen molar-refractivity contribution in [3.05, 3.63) is 28.8 Å². The molecule has 19 heavy (non-hydrogen) atoms. The Morgan fingerprint density at radius 2 is 2.11 bits per heavy atom. The minimum atomic E-state index is -3.67. The maximum atomic E-state index is 11.9. The molecule has 0 bridgehead atoms. The fourth-order valence-electron chi connectivity index (χ4n) is 1.21. The number of hydrogen-bond acceptors (Lipinski definition) is 5. The molecular weight excluding hydrogens is 292 g/mol. The van der Waals surface area contributed by atoms with E-state index in [2.05, 4.69) is 4.74 Å². The van der Waals surface area contributed by atoms with Gasteiger partial charge in [0, 0.05) is 14.1 Å². The maximum Gasteiger partial charge on any atom is 0.340 e. The van der Waals surface area contributed by atoms with Crippen LogP contribution in [0.5, 0.6) is 0 Å². The van der Waals surface area contributed by atoms with Crippen LogP contribution in [0.15, 0.2) is 23.1 Å². The molecule has 0 heterocycles. The van der Waals surface area contributed by atoms with Crippen molar-refractivity contribution in [2.24, 2.45) is 0 Å². The highest BCUT2D eigenvalue weighted by molar-refractivity contribution is 7.89. The summed E-state index contributed by atoms with van der Waals surface area (Å²) in [6, 6.07) is 5.34. The van der Waals surface area contributed by atoms with Gasteiger partial charge >= 0.3 is 5.97 Å². The van der Waals surface area contributed by atoms with E-state index in [-0.39, 0.29) is 15.5 Å². The van der Waals surface area contributed by atoms with Gasteiger partial charge in [-0.3, -0.25) is 0 Å². The normalized spacial score (nSPS) is 11.1. The molecular formula is C11H11ClN2O4S. The zero-order chi connectivity index (χ0) is 14.6. The molecule has 1 aromatic carbocycles. The van der Waals surface area contributed by atoms with Gasteiger partial charge in [0.15, 0.2) is 6.61 Å². The predicted octanol–water partition coefficient (Wildman–Crippen LogP) is 1.27. The quantitative estimate of drug-likeness (QED) is 0.782. The van der Waals surface area contributed by atoms with Crippen molar-refractivity contribution in [3.63, 3.8) is 0 Å². The summed E-state index contributed by atoms with van der Waals surface area (Å²) in [5.74, 6) is -0.845. The molecule has 0 unspecified atom stereocenters. The molecule has 0 amide bonds. The molecule has 1 aromatic rings. The van der Waals surface area contributed by atoms with Crippen LogP contribution >= 0.6 is 11.6 Å². The van der Waals surface area contributed by atoms with Crippen molar-refractivity contribution in [2.45, 2.75) is 4.90 Å². The number of sulfonamides is 1. The monoisotopic (exact) mass is 302 g/mol. The smallest absolute Gasteiger partial charge is 0.340 e. The second-order valence-electron chi connectivity index (χ2n) is 3.66. The highest BCUT2D eigenvalue weighted by Crippen LogP contribution is 2.22. The third-order valence-electron chi connectivity index (χ3n) is 2.20. The van der Waals surface area contributed by atoms with Gasteiger partial charge in [-0.05, 0) is 18.2 Å². The van der Waals surface area contributed by atoms with Gasteiger partial charge in [-0.15, -0.1) is 0 Å². The number of rotatable bonds is 4. The van der Waals surface area contributed by atoms with Gasteiger partial charge in [0.05, 0.1) is 15.5 Å². The Kier molecular flexibility index (Phi) is 4.89. The molecule has 0 aliphatic heterocycles. The van der Waals surface area contributed by atoms with Crippen LogP contribution in [0, 0.1) is 11.3 Å². The van der Waals surface area contributed by atoms with E-state index in [4.69, 9.17) is 16.9 Å². The zero-order valence-electron chi connectivity index (χ0n) is 10.3. The minimum Gasteiger partial charge on any atom is -0.447 e. The van der Waals surface area contributed by atoms with E-state index >= 15 is 0 Å². The van der Waals surface area contributed by atoms with Gasteiger partial charge in [0.2, 0.25) is 10.0 Å². The molecule has 0 aromatic heterocycles. The molecule has 0 aliphatic carbocycles. The summed E-state index contributed by atoms with van der Waals surface area (Å²) in [6.45, 7) is -0.431. The number of nitriles is 1. The molecule has 0 N–H and O–H groups in total. The first-order valence-electron chi connectivity index (χ1n) is 5.07. The number of benzene rings is 1. The van der Waals surface area contributed by atoms with Crippen LogP contribution in [-0.4, -0.2) is 39.4 Å². The SMILES string of the molecule is CN(C)S(=O)(=O)c1ccc(Cl)c(C(=O)OCC#N)c1. The molecule has 0 radical (unpaired) electrons. The number of halogens is 1. The fourth-order valence-corrected chi connectivity index (χ4v) is 2.33. The van der Waals surface area contributed by atoms with Gasteiger partial charge in [-0.2, -0.15) is 5.26 Å². The first kappa shape index (κ1) is 15.4. The molecule has 0 saturated carbocycles. The topological polar surface area (TPSA) is 87.5 Å². The number of carbonyl (C=O) groups excluding carboxylic acids is 1. The Morgan fingerprint density at radius 3 is 2.63 bits per heavy atom. The zero-order valence-corrected chi connectivity index (χ0v) is 11.8. The van der Waals surface area contributed by atoms with Gasteiger partial charge < -0.3 is 4.74 Å². The van der Waals surface area contributed by atoms with E-state index in [1.807, 2.05) is 0 Å². The van der Waals surface area contributed by atoms with E-state index < -0.39 is 22.6 Å². The van der Waals surface area contributed by atoms with Crippen LogP contribution < -0.4 is 0 Å². The minimum absolute atomic E-state index is 0.0562. The van der Waals surface area contributed by atoms with Crippen molar-refractivity contribution in [1.29, 1.82) is 5.26 Å². The lowest BCUT2D eigenvalue weighted by molar-refractivity contribution is 0.0555. The second kappa shape index (κ2) is 6.02. The highest BCUT2D eigenvalue weighted by atomic mass is 35.5. The fraction of sp³-hybridized carbons (Fsp3) is 0.273. The standard InChI is InChI=1S/C11H11ClN2O4S/c1-14(2)19(16,17)8-3-4-10(12)9(7-8)11(15)18-6-5-13/h3-4,7H,6H2,1-2H3. The molecule has 0 aliphatic rings. The Bertz CT molecular complexity index is 635. The Balaban J connectivity index is 3.23. The third-order valence-corrected chi connectivity index (χ3v) is 4.34. The first-order chi connectivity index (χ1) is 8.80. The van der Waals surface area contributed by atoms with Gasteiger partial charge in [0.1, 0.15) is 6.07 Å². The molecule has 6 nitrogen and oxygen atoms in total. The van der Waals surface area contributed by atoms with Crippen molar-refractivity contribution in [2.75, 3.05) is 20.7 Å². The van der Waals surface area contributed by atoms with E-state index in [0.717, 1.165) is 10.4 Å². The third kappa shape index (κ3) is 3.44. The summed E-state index contributed by atoms with van der Waals surface area (Å²) in [7, 11) is -0.923. The van der Waals surface area contributed by atoms with Crippen molar-refractivity contribution < 1.29 is 17.9 Å². The molecule has 0 fully saturated rings. The number of esters is 1. The molecule has 0 spiro atoms. The Morgan fingerprint density at radius 1 is 1.47 bits per heavy atom. The van der Waals surface area contributed by atoms with Crippen LogP contribution in [0.1, 0.15) is 10.4 Å². The number of hydrogen-bond donors (Lipinski definition) is 0. The second-order valence-corrected chi connectivity index (χ2v) is 6.22. The lowest BCUT2D eigenvalue weighted by Gasteiger charge is -2.12. The molecule has 102 valence electrons. The first-order valence-corrected chi connectivity index (χ1v) is 6.88. The van der Waals surface area contributed by atoms with E-state index in [0.29, 0.717) is 0 Å². The lowest BCUT2D eigenvalue weighted by atomic mass is 10.2. The summed E-state index contributed by atoms with van der Waals surface area (Å²) < 4.78 is 29.4. The van der Waals surface area contributed by atoms with Crippen LogP contribution in [0.3, 0.4) is 0 Å². The summed E-state index contributed by atoms with van der Waals surface area (Å²) in [5, 5.41) is 8.38. The average Bonchev–Trinajstić information content (AvgIpc) is 2.36. The van der Waals surface area contributed by atoms with Crippen LogP contribution in [0.25, 0.3) is 0 Å². The predicted molar refractivity (Wildman–Crippen MR) is 68.2 cm³/mol. The Labute approximate surface area is 116 Å². The van der Waals surface area contributed by atoms with Crippen molar-refractivity contribution >= 4 is 27.6 Å². The van der Waals surface area contributed by atoms with Gasteiger partial charge in [-0.25, -0.2) is 17.5 Å². The van der Waals surface area contributed by atoms with E-state index in [1.54, 1.807) is 6.07 Å². The summed E-state index contributed by atoms with van der Waals surface area (Å²) in [5.41, 5.74) is -0.0974. The Hall–Kier alpha value is -1.62. The maximum absolute atomic E-state index is 11.9. The largest absolute Gasteiger partial charge is 0.447 e. The number of nitrogens with zero attached hydrogens (tertiary/aromatic N) is 2. The van der Waals surface area contributed by atoms with E-state index in [1.165, 1.54) is 26.2 Å². The number of carbonyl (C=O) groups is 1. The summed E-state index contributed by atoms with van der Waals surface area (Å²) in [6.07, 6.45) is 0. The van der Waals surface area contributed by atoms with Gasteiger partial charge in [-0.1, -0.05) is 11.6 Å².